The second-order valence-electron chi connectivity index (χ2n) is 3.81. The van der Waals surface area contributed by atoms with E-state index in [1.807, 2.05) is 6.92 Å². The van der Waals surface area contributed by atoms with E-state index in [1.165, 1.54) is 0 Å². The van der Waals surface area contributed by atoms with E-state index < -0.39 is 5.97 Å². The highest BCUT2D eigenvalue weighted by Crippen LogP contribution is 2.15. The van der Waals surface area contributed by atoms with Crippen molar-refractivity contribution in [1.29, 1.82) is 0 Å². The molecule has 0 bridgehead atoms. The minimum absolute atomic E-state index is 0.179. The molecule has 2 aromatic rings. The van der Waals surface area contributed by atoms with Crippen LogP contribution < -0.4 is 5.73 Å². The second-order valence-corrected chi connectivity index (χ2v) is 5.13. The fourth-order valence-electron chi connectivity index (χ4n) is 1.65. The number of nitrogens with two attached hydrogens (primary N) is 1. The molecule has 0 fully saturated rings. The lowest BCUT2D eigenvalue weighted by atomic mass is 10.3. The summed E-state index contributed by atoms with van der Waals surface area (Å²) in [5.74, 6) is -0.491. The molecule has 0 saturated carbocycles. The molecular formula is C11H15N5O2S. The molecular weight excluding hydrogens is 266 g/mol. The number of hydrogen-bond donors (Lipinski definition) is 1. The number of hydrogen-bond acceptors (Lipinski definition) is 7. The van der Waals surface area contributed by atoms with Crippen LogP contribution in [0.1, 0.15) is 33.0 Å². The number of thiazole rings is 1. The molecule has 2 rings (SSSR count). The maximum absolute atomic E-state index is 11.7. The van der Waals surface area contributed by atoms with E-state index in [2.05, 4.69) is 15.3 Å². The molecule has 0 saturated heterocycles. The first kappa shape index (κ1) is 13.6. The molecule has 0 aliphatic rings. The van der Waals surface area contributed by atoms with E-state index in [9.17, 15) is 4.79 Å². The summed E-state index contributed by atoms with van der Waals surface area (Å²) in [5, 5.41) is 8.79. The highest BCUT2D eigenvalue weighted by molar-refractivity contribution is 7.11. The van der Waals surface area contributed by atoms with Gasteiger partial charge in [-0.05, 0) is 13.8 Å². The van der Waals surface area contributed by atoms with Gasteiger partial charge in [-0.3, -0.25) is 0 Å². The number of carbonyl (C=O) groups excluding carboxylic acids is 1. The molecule has 8 heteroatoms. The van der Waals surface area contributed by atoms with Gasteiger partial charge in [0.05, 0.1) is 23.9 Å². The smallest absolute Gasteiger partial charge is 0.360 e. The Morgan fingerprint density at radius 3 is 2.95 bits per heavy atom. The summed E-state index contributed by atoms with van der Waals surface area (Å²) >= 11 is 1.57. The van der Waals surface area contributed by atoms with Crippen molar-refractivity contribution in [3.05, 3.63) is 27.5 Å². The van der Waals surface area contributed by atoms with E-state index in [-0.39, 0.29) is 12.2 Å². The lowest BCUT2D eigenvalue weighted by molar-refractivity contribution is 0.0518. The second kappa shape index (κ2) is 5.89. The minimum atomic E-state index is -0.491. The Balaban J connectivity index is 2.24. The summed E-state index contributed by atoms with van der Waals surface area (Å²) in [5.41, 5.74) is 6.43. The molecule has 19 heavy (non-hydrogen) atoms. The molecule has 102 valence electrons. The van der Waals surface area contributed by atoms with E-state index in [0.717, 1.165) is 9.88 Å². The van der Waals surface area contributed by atoms with E-state index in [4.69, 9.17) is 10.5 Å². The highest BCUT2D eigenvalue weighted by atomic mass is 32.1. The van der Waals surface area contributed by atoms with Crippen molar-refractivity contribution in [3.63, 3.8) is 0 Å². The number of aromatic nitrogens is 4. The van der Waals surface area contributed by atoms with Crippen LogP contribution in [0.15, 0.2) is 6.20 Å². The lowest BCUT2D eigenvalue weighted by Crippen LogP contribution is -2.14. The highest BCUT2D eigenvalue weighted by Gasteiger charge is 2.20. The van der Waals surface area contributed by atoms with Crippen LogP contribution in [0.3, 0.4) is 0 Å². The number of esters is 1. The van der Waals surface area contributed by atoms with Crippen LogP contribution >= 0.6 is 11.3 Å². The van der Waals surface area contributed by atoms with Gasteiger partial charge in [-0.2, -0.15) is 0 Å². The molecule has 0 amide bonds. The van der Waals surface area contributed by atoms with Gasteiger partial charge in [-0.15, -0.1) is 16.4 Å². The maximum Gasteiger partial charge on any atom is 0.360 e. The molecule has 0 radical (unpaired) electrons. The predicted octanol–water partition coefficient (Wildman–Crippen LogP) is 0.727. The summed E-state index contributed by atoms with van der Waals surface area (Å²) in [6, 6.07) is 0. The molecule has 2 N–H and O–H groups in total. The zero-order chi connectivity index (χ0) is 13.8. The number of carbonyl (C=O) groups is 1. The third-order valence-corrected chi connectivity index (χ3v) is 3.37. The first-order chi connectivity index (χ1) is 9.15. The number of ether oxygens (including phenoxy) is 1. The summed E-state index contributed by atoms with van der Waals surface area (Å²) in [7, 11) is 0. The van der Waals surface area contributed by atoms with E-state index in [0.29, 0.717) is 18.8 Å². The quantitative estimate of drug-likeness (QED) is 0.811. The third-order valence-electron chi connectivity index (χ3n) is 2.47. The SMILES string of the molecule is CCOC(=O)c1nnn(Cc2cnc(C)s2)c1CN. The zero-order valence-corrected chi connectivity index (χ0v) is 11.6. The van der Waals surface area contributed by atoms with Crippen molar-refractivity contribution >= 4 is 17.3 Å². The van der Waals surface area contributed by atoms with E-state index in [1.54, 1.807) is 29.1 Å². The van der Waals surface area contributed by atoms with Gasteiger partial charge >= 0.3 is 5.97 Å². The average Bonchev–Trinajstić information content (AvgIpc) is 2.96. The first-order valence-corrected chi connectivity index (χ1v) is 6.68. The molecule has 2 aromatic heterocycles. The van der Waals surface area contributed by atoms with Crippen LogP contribution in [-0.2, 0) is 17.8 Å². The van der Waals surface area contributed by atoms with E-state index >= 15 is 0 Å². The van der Waals surface area contributed by atoms with Crippen molar-refractivity contribution in [2.24, 2.45) is 5.73 Å². The lowest BCUT2D eigenvalue weighted by Gasteiger charge is -2.04. The van der Waals surface area contributed by atoms with Crippen LogP contribution in [0.5, 0.6) is 0 Å². The van der Waals surface area contributed by atoms with Crippen molar-refractivity contribution < 1.29 is 9.53 Å². The molecule has 2 heterocycles. The Labute approximate surface area is 114 Å². The van der Waals surface area contributed by atoms with Gasteiger partial charge in [0, 0.05) is 17.6 Å². The number of rotatable bonds is 5. The Kier molecular flexibility index (Phi) is 4.23. The van der Waals surface area contributed by atoms with Gasteiger partial charge in [0.15, 0.2) is 5.69 Å². The fraction of sp³-hybridized carbons (Fsp3) is 0.455. The Hall–Kier alpha value is -1.80. The molecule has 0 unspecified atom stereocenters. The van der Waals surface area contributed by atoms with Gasteiger partial charge in [0.2, 0.25) is 0 Å². The van der Waals surface area contributed by atoms with Crippen molar-refractivity contribution in [3.8, 4) is 0 Å². The average molecular weight is 281 g/mol. The molecule has 0 spiro atoms. The molecule has 0 aliphatic heterocycles. The summed E-state index contributed by atoms with van der Waals surface area (Å²) in [6.45, 7) is 4.65. The Bertz CT molecular complexity index is 577. The molecule has 0 atom stereocenters. The summed E-state index contributed by atoms with van der Waals surface area (Å²) < 4.78 is 6.53. The molecule has 0 aromatic carbocycles. The largest absolute Gasteiger partial charge is 0.461 e. The van der Waals surface area contributed by atoms with Crippen LogP contribution in [0.2, 0.25) is 0 Å². The molecule has 7 nitrogen and oxygen atoms in total. The van der Waals surface area contributed by atoms with Crippen molar-refractivity contribution in [2.75, 3.05) is 6.61 Å². The summed E-state index contributed by atoms with van der Waals surface area (Å²) in [6.07, 6.45) is 1.78. The van der Waals surface area contributed by atoms with Crippen LogP contribution in [-0.4, -0.2) is 32.6 Å². The Morgan fingerprint density at radius 2 is 2.37 bits per heavy atom. The van der Waals surface area contributed by atoms with Crippen LogP contribution in [0.25, 0.3) is 0 Å². The predicted molar refractivity (Wildman–Crippen MR) is 69.8 cm³/mol. The number of nitrogens with zero attached hydrogens (tertiary/aromatic N) is 4. The van der Waals surface area contributed by atoms with Gasteiger partial charge in [0.25, 0.3) is 0 Å². The van der Waals surface area contributed by atoms with Crippen LogP contribution in [0, 0.1) is 6.92 Å². The van der Waals surface area contributed by atoms with Crippen LogP contribution in [0.4, 0.5) is 0 Å². The van der Waals surface area contributed by atoms with Gasteiger partial charge in [-0.1, -0.05) is 5.21 Å². The van der Waals surface area contributed by atoms with Gasteiger partial charge in [0.1, 0.15) is 0 Å². The summed E-state index contributed by atoms with van der Waals surface area (Å²) in [4.78, 5) is 16.9. The molecule has 0 aliphatic carbocycles. The Morgan fingerprint density at radius 1 is 1.58 bits per heavy atom. The fourth-order valence-corrected chi connectivity index (χ4v) is 2.42. The number of aryl methyl sites for hydroxylation is 1. The standard InChI is InChI=1S/C11H15N5O2S/c1-3-18-11(17)10-9(4-12)16(15-14-10)6-8-5-13-7(2)19-8/h5H,3-4,6,12H2,1-2H3. The van der Waals surface area contributed by atoms with Crippen molar-refractivity contribution in [1.82, 2.24) is 20.0 Å². The first-order valence-electron chi connectivity index (χ1n) is 5.86. The monoisotopic (exact) mass is 281 g/mol. The topological polar surface area (TPSA) is 95.9 Å². The minimum Gasteiger partial charge on any atom is -0.461 e. The van der Waals surface area contributed by atoms with Crippen molar-refractivity contribution in [2.45, 2.75) is 26.9 Å². The van der Waals surface area contributed by atoms with Gasteiger partial charge < -0.3 is 10.5 Å². The normalized spacial score (nSPS) is 10.7. The zero-order valence-electron chi connectivity index (χ0n) is 10.8. The third kappa shape index (κ3) is 2.96. The van der Waals surface area contributed by atoms with Gasteiger partial charge in [-0.25, -0.2) is 14.5 Å². The maximum atomic E-state index is 11.7.